The van der Waals surface area contributed by atoms with Gasteiger partial charge in [-0.05, 0) is 34.4 Å². The van der Waals surface area contributed by atoms with Crippen molar-refractivity contribution in [2.45, 2.75) is 119 Å². The molecule has 1 atom stereocenters. The van der Waals surface area contributed by atoms with E-state index in [1.165, 1.54) is 24.3 Å². The van der Waals surface area contributed by atoms with Crippen molar-refractivity contribution >= 4 is 11.8 Å². The lowest BCUT2D eigenvalue weighted by atomic mass is 9.78. The van der Waals surface area contributed by atoms with E-state index in [2.05, 4.69) is 0 Å². The van der Waals surface area contributed by atoms with Crippen molar-refractivity contribution < 1.29 is 79.7 Å². The predicted octanol–water partition coefficient (Wildman–Crippen LogP) is 12.5. The molecule has 19 heteroatoms. The van der Waals surface area contributed by atoms with Crippen LogP contribution in [0.1, 0.15) is 81.0 Å². The Bertz CT molecular complexity index is 1550. The quantitative estimate of drug-likeness (QED) is 0.216. The summed E-state index contributed by atoms with van der Waals surface area (Å²) >= 11 is 0.268. The second-order valence-electron chi connectivity index (χ2n) is 14.0. The monoisotopic (exact) mass is 788 g/mol. The van der Waals surface area contributed by atoms with Crippen LogP contribution in [0.3, 0.4) is 0 Å². The van der Waals surface area contributed by atoms with Gasteiger partial charge < -0.3 is 5.11 Å². The number of thioether (sulfide) groups is 1. The van der Waals surface area contributed by atoms with E-state index in [4.69, 9.17) is 0 Å². The number of alkyl halides is 17. The summed E-state index contributed by atoms with van der Waals surface area (Å²) < 4.78 is 234. The third-order valence-corrected chi connectivity index (χ3v) is 9.23. The highest BCUT2D eigenvalue weighted by atomic mass is 32.2. The molecule has 1 unspecified atom stereocenters. The molecular formula is C32H33F17OS. The summed E-state index contributed by atoms with van der Waals surface area (Å²) in [5.74, 6) is -58.5. The summed E-state index contributed by atoms with van der Waals surface area (Å²) in [6, 6.07) is 9.03. The van der Waals surface area contributed by atoms with Gasteiger partial charge in [-0.2, -0.15) is 74.6 Å². The first kappa shape index (κ1) is 44.6. The zero-order valence-electron chi connectivity index (χ0n) is 27.7. The molecule has 1 nitrogen and oxygen atoms in total. The van der Waals surface area contributed by atoms with E-state index >= 15 is 0 Å². The van der Waals surface area contributed by atoms with Gasteiger partial charge in [0.05, 0.1) is 5.25 Å². The van der Waals surface area contributed by atoms with Crippen molar-refractivity contribution in [2.75, 3.05) is 5.75 Å². The molecule has 0 aliphatic carbocycles. The van der Waals surface area contributed by atoms with Crippen molar-refractivity contribution in [3.63, 3.8) is 0 Å². The van der Waals surface area contributed by atoms with Crippen LogP contribution in [0, 0.1) is 6.92 Å². The van der Waals surface area contributed by atoms with Crippen LogP contribution < -0.4 is 0 Å². The summed E-state index contributed by atoms with van der Waals surface area (Å²) in [5.41, 5.74) is 0.286. The van der Waals surface area contributed by atoms with Crippen molar-refractivity contribution in [1.29, 1.82) is 0 Å². The lowest BCUT2D eigenvalue weighted by Gasteiger charge is -2.42. The predicted molar refractivity (Wildman–Crippen MR) is 156 cm³/mol. The third-order valence-electron chi connectivity index (χ3n) is 7.93. The molecular weight excluding hydrogens is 755 g/mol. The van der Waals surface area contributed by atoms with Crippen LogP contribution in [-0.4, -0.2) is 58.5 Å². The SMILES string of the molecule is Cc1cccc(C(SCCC(F)(F)C(F)(F)C(F)(F)C(F)(F)C(F)(F)C(F)(F)C(F)(F)C(F)(F)F)c2cc(C(C)(C)C)cc(C(C)(C)C)c2O)c1. The second kappa shape index (κ2) is 13.4. The molecule has 0 amide bonds. The Morgan fingerprint density at radius 1 is 0.588 bits per heavy atom. The van der Waals surface area contributed by atoms with Crippen molar-refractivity contribution in [2.24, 2.45) is 0 Å². The van der Waals surface area contributed by atoms with Crippen LogP contribution >= 0.6 is 11.8 Å². The molecule has 0 spiro atoms. The third kappa shape index (κ3) is 7.60. The summed E-state index contributed by atoms with van der Waals surface area (Å²) in [6.45, 7) is 12.0. The normalized spacial score (nSPS) is 15.7. The number of phenolic OH excluding ortho intramolecular Hbond substituents is 1. The minimum Gasteiger partial charge on any atom is -0.507 e. The second-order valence-corrected chi connectivity index (χ2v) is 15.2. The maximum Gasteiger partial charge on any atom is 0.460 e. The lowest BCUT2D eigenvalue weighted by Crippen LogP contribution is -2.74. The Morgan fingerprint density at radius 3 is 1.45 bits per heavy atom. The molecule has 51 heavy (non-hydrogen) atoms. The van der Waals surface area contributed by atoms with Crippen molar-refractivity contribution in [1.82, 2.24) is 0 Å². The standard InChI is InChI=1S/C32H33F17OS/c1-16-9-8-10-17(13-16)22(19-14-18(23(2,3)4)15-20(21(19)50)24(5,6)7)51-12-11-25(33,34)26(35,36)27(37,38)28(39,40)29(41,42)30(43,44)31(45,46)32(47,48)49/h8-10,13-15,22,50H,11-12H2,1-7H3. The largest absolute Gasteiger partial charge is 0.507 e. The smallest absolute Gasteiger partial charge is 0.460 e. The average Bonchev–Trinajstić information content (AvgIpc) is 2.93. The Kier molecular flexibility index (Phi) is 11.7. The van der Waals surface area contributed by atoms with Crippen LogP contribution in [0.25, 0.3) is 0 Å². The maximum absolute atomic E-state index is 14.8. The fourth-order valence-electron chi connectivity index (χ4n) is 4.72. The Balaban J connectivity index is 2.63. The number of hydrogen-bond donors (Lipinski definition) is 1. The van der Waals surface area contributed by atoms with Gasteiger partial charge in [-0.1, -0.05) is 83.5 Å². The van der Waals surface area contributed by atoms with Crippen LogP contribution in [0.15, 0.2) is 36.4 Å². The number of rotatable bonds is 12. The molecule has 0 aliphatic heterocycles. The van der Waals surface area contributed by atoms with E-state index in [1.54, 1.807) is 60.6 Å². The van der Waals surface area contributed by atoms with Gasteiger partial charge in [-0.3, -0.25) is 0 Å². The summed E-state index contributed by atoms with van der Waals surface area (Å²) in [6.07, 6.45) is -10.4. The first-order valence-electron chi connectivity index (χ1n) is 14.6. The zero-order chi connectivity index (χ0) is 40.4. The Morgan fingerprint density at radius 2 is 1.04 bits per heavy atom. The molecule has 292 valence electrons. The molecule has 0 radical (unpaired) electrons. The fourth-order valence-corrected chi connectivity index (χ4v) is 6.03. The van der Waals surface area contributed by atoms with Crippen LogP contribution in [0.4, 0.5) is 74.6 Å². The highest BCUT2D eigenvalue weighted by molar-refractivity contribution is 7.99. The van der Waals surface area contributed by atoms with E-state index in [1.807, 2.05) is 0 Å². The van der Waals surface area contributed by atoms with E-state index in [0.717, 1.165) is 0 Å². The molecule has 0 aromatic heterocycles. The van der Waals surface area contributed by atoms with E-state index in [0.29, 0.717) is 16.7 Å². The fraction of sp³-hybridized carbons (Fsp3) is 0.625. The highest BCUT2D eigenvalue weighted by Gasteiger charge is 2.95. The topological polar surface area (TPSA) is 20.2 Å². The summed E-state index contributed by atoms with van der Waals surface area (Å²) in [7, 11) is 0. The first-order valence-corrected chi connectivity index (χ1v) is 15.7. The molecule has 2 rings (SSSR count). The number of phenols is 1. The average molecular weight is 789 g/mol. The molecule has 0 heterocycles. The molecule has 2 aromatic rings. The zero-order valence-corrected chi connectivity index (χ0v) is 28.6. The number of hydrogen-bond acceptors (Lipinski definition) is 2. The van der Waals surface area contributed by atoms with E-state index < -0.39 is 81.6 Å². The molecule has 0 saturated heterocycles. The van der Waals surface area contributed by atoms with Gasteiger partial charge in [0.15, 0.2) is 0 Å². The number of aromatic hydroxyl groups is 1. The molecule has 1 N–H and O–H groups in total. The Labute approximate surface area is 286 Å². The minimum absolute atomic E-state index is 0.00218. The highest BCUT2D eigenvalue weighted by Crippen LogP contribution is 2.64. The molecule has 2 aromatic carbocycles. The van der Waals surface area contributed by atoms with Gasteiger partial charge in [0, 0.05) is 17.7 Å². The first-order chi connectivity index (χ1) is 22.3. The number of aryl methyl sites for hydroxylation is 1. The van der Waals surface area contributed by atoms with Crippen LogP contribution in [-0.2, 0) is 10.8 Å². The minimum atomic E-state index is -8.67. The Hall–Kier alpha value is -2.60. The van der Waals surface area contributed by atoms with Gasteiger partial charge >= 0.3 is 47.6 Å². The van der Waals surface area contributed by atoms with Crippen molar-refractivity contribution in [3.8, 4) is 5.75 Å². The molecule has 0 fully saturated rings. The molecule has 0 bridgehead atoms. The molecule has 0 saturated carbocycles. The molecule has 0 aliphatic rings. The summed E-state index contributed by atoms with van der Waals surface area (Å²) in [5, 5.41) is 10.0. The van der Waals surface area contributed by atoms with E-state index in [9.17, 15) is 79.7 Å². The van der Waals surface area contributed by atoms with Gasteiger partial charge in [-0.25, -0.2) is 0 Å². The number of benzene rings is 2. The number of halogens is 17. The van der Waals surface area contributed by atoms with Gasteiger partial charge in [0.1, 0.15) is 5.75 Å². The van der Waals surface area contributed by atoms with Gasteiger partial charge in [0.2, 0.25) is 0 Å². The van der Waals surface area contributed by atoms with Crippen LogP contribution in [0.2, 0.25) is 0 Å². The van der Waals surface area contributed by atoms with Crippen LogP contribution in [0.5, 0.6) is 5.75 Å². The van der Waals surface area contributed by atoms with Crippen molar-refractivity contribution in [3.05, 3.63) is 64.2 Å². The summed E-state index contributed by atoms with van der Waals surface area (Å²) in [4.78, 5) is 0. The van der Waals surface area contributed by atoms with Gasteiger partial charge in [-0.15, -0.1) is 11.8 Å². The van der Waals surface area contributed by atoms with E-state index in [-0.39, 0.29) is 22.9 Å². The lowest BCUT2D eigenvalue weighted by molar-refractivity contribution is -0.461. The maximum atomic E-state index is 14.8. The van der Waals surface area contributed by atoms with Gasteiger partial charge in [0.25, 0.3) is 0 Å².